The Morgan fingerprint density at radius 3 is 2.47 bits per heavy atom. The molecule has 3 atom stereocenters. The topological polar surface area (TPSA) is 72.9 Å². The predicted octanol–water partition coefficient (Wildman–Crippen LogP) is 1.13. The molecule has 1 saturated carbocycles. The molecule has 2 bridgehead atoms. The van der Waals surface area contributed by atoms with Gasteiger partial charge in [-0.15, -0.1) is 0 Å². The molecule has 2 fully saturated rings. The molecule has 0 N–H and O–H groups in total. The first-order chi connectivity index (χ1) is 8.74. The zero-order valence-corrected chi connectivity index (χ0v) is 11.6. The summed E-state index contributed by atoms with van der Waals surface area (Å²) in [5.41, 5.74) is -0.635. The van der Waals surface area contributed by atoms with Gasteiger partial charge in [-0.2, -0.15) is 0 Å². The van der Waals surface area contributed by atoms with E-state index in [4.69, 9.17) is 9.47 Å². The molecule has 1 amide bonds. The van der Waals surface area contributed by atoms with Gasteiger partial charge in [-0.1, -0.05) is 0 Å². The van der Waals surface area contributed by atoms with Crippen molar-refractivity contribution in [1.82, 2.24) is 4.90 Å². The molecule has 0 aromatic heterocycles. The summed E-state index contributed by atoms with van der Waals surface area (Å²) in [6.07, 6.45) is 0.276. The van der Waals surface area contributed by atoms with Gasteiger partial charge in [-0.05, 0) is 27.2 Å². The van der Waals surface area contributed by atoms with Crippen molar-refractivity contribution in [3.8, 4) is 0 Å². The van der Waals surface area contributed by atoms with Crippen molar-refractivity contribution in [2.75, 3.05) is 7.11 Å². The number of amides is 1. The molecular formula is C13H19NO5. The minimum Gasteiger partial charge on any atom is -0.467 e. The molecule has 6 heteroatoms. The van der Waals surface area contributed by atoms with E-state index in [0.29, 0.717) is 12.8 Å². The molecule has 2 rings (SSSR count). The van der Waals surface area contributed by atoms with Gasteiger partial charge in [0.2, 0.25) is 0 Å². The Morgan fingerprint density at radius 1 is 1.32 bits per heavy atom. The molecule has 6 nitrogen and oxygen atoms in total. The fourth-order valence-corrected chi connectivity index (χ4v) is 2.81. The van der Waals surface area contributed by atoms with Crippen molar-refractivity contribution in [1.29, 1.82) is 0 Å². The van der Waals surface area contributed by atoms with Crippen LogP contribution in [0.2, 0.25) is 0 Å². The molecule has 0 aromatic rings. The summed E-state index contributed by atoms with van der Waals surface area (Å²) in [7, 11) is 1.26. The Labute approximate surface area is 112 Å². The molecule has 0 unspecified atom stereocenters. The molecule has 0 spiro atoms. The minimum absolute atomic E-state index is 0.0280. The summed E-state index contributed by atoms with van der Waals surface area (Å²) in [6.45, 7) is 5.28. The van der Waals surface area contributed by atoms with Crippen LogP contribution in [0.15, 0.2) is 0 Å². The number of piperidine rings is 1. The molecule has 1 heterocycles. The highest BCUT2D eigenvalue weighted by molar-refractivity contribution is 5.95. The third kappa shape index (κ3) is 2.43. The average molecular weight is 269 g/mol. The highest BCUT2D eigenvalue weighted by atomic mass is 16.6. The van der Waals surface area contributed by atoms with E-state index in [1.807, 2.05) is 0 Å². The third-order valence-corrected chi connectivity index (χ3v) is 3.50. The fraction of sp³-hybridized carbons (Fsp3) is 0.769. The van der Waals surface area contributed by atoms with E-state index in [1.54, 1.807) is 20.8 Å². The third-order valence-electron chi connectivity index (χ3n) is 3.50. The van der Waals surface area contributed by atoms with Crippen molar-refractivity contribution >= 4 is 17.8 Å². The fourth-order valence-electron chi connectivity index (χ4n) is 2.81. The Bertz CT molecular complexity index is 425. The Hall–Kier alpha value is -1.59. The Kier molecular flexibility index (Phi) is 3.28. The number of rotatable bonds is 1. The zero-order valence-electron chi connectivity index (χ0n) is 11.6. The minimum atomic E-state index is -0.828. The smallest absolute Gasteiger partial charge is 0.411 e. The van der Waals surface area contributed by atoms with Crippen molar-refractivity contribution in [3.63, 3.8) is 0 Å². The zero-order chi connectivity index (χ0) is 14.4. The maximum absolute atomic E-state index is 12.2. The summed E-state index contributed by atoms with van der Waals surface area (Å²) >= 11 is 0. The Balaban J connectivity index is 2.21. The van der Waals surface area contributed by atoms with E-state index in [2.05, 4.69) is 0 Å². The van der Waals surface area contributed by atoms with Gasteiger partial charge in [0.05, 0.1) is 13.0 Å². The van der Waals surface area contributed by atoms with Crippen molar-refractivity contribution in [3.05, 3.63) is 0 Å². The number of carbonyl (C=O) groups is 3. The number of Topliss-reactive ketones (excluding diaryl/α,β-unsaturated/α-hetero) is 1. The van der Waals surface area contributed by atoms with Gasteiger partial charge in [0.1, 0.15) is 17.4 Å². The molecule has 106 valence electrons. The van der Waals surface area contributed by atoms with Gasteiger partial charge < -0.3 is 9.47 Å². The van der Waals surface area contributed by atoms with Gasteiger partial charge in [0, 0.05) is 12.5 Å². The van der Waals surface area contributed by atoms with Crippen molar-refractivity contribution < 1.29 is 23.9 Å². The standard InChI is InChI=1S/C13H19NO5/c1-13(2,3)19-12(17)14-7-5-8(9(15)6-7)10(14)11(16)18-4/h7-8,10H,5-6H2,1-4H3/t7-,8+,10-/m0/s1. The first-order valence-corrected chi connectivity index (χ1v) is 6.36. The molecular weight excluding hydrogens is 250 g/mol. The molecule has 1 aliphatic carbocycles. The molecule has 19 heavy (non-hydrogen) atoms. The van der Waals surface area contributed by atoms with Crippen LogP contribution in [0, 0.1) is 5.92 Å². The molecule has 1 saturated heterocycles. The second-order valence-electron chi connectivity index (χ2n) is 6.02. The van der Waals surface area contributed by atoms with Crippen LogP contribution in [0.1, 0.15) is 33.6 Å². The van der Waals surface area contributed by atoms with E-state index in [-0.39, 0.29) is 11.8 Å². The average Bonchev–Trinajstić information content (AvgIpc) is 2.81. The second kappa shape index (κ2) is 4.51. The number of fused-ring (bicyclic) bond motifs is 2. The van der Waals surface area contributed by atoms with E-state index in [0.717, 1.165) is 0 Å². The van der Waals surface area contributed by atoms with Gasteiger partial charge in [-0.25, -0.2) is 9.59 Å². The summed E-state index contributed by atoms with van der Waals surface area (Å²) in [6, 6.07) is -1.07. The molecule has 2 aliphatic rings. The van der Waals surface area contributed by atoms with Gasteiger partial charge in [0.15, 0.2) is 0 Å². The number of nitrogens with zero attached hydrogens (tertiary/aromatic N) is 1. The van der Waals surface area contributed by atoms with Crippen LogP contribution in [-0.4, -0.2) is 47.5 Å². The summed E-state index contributed by atoms with van der Waals surface area (Å²) < 4.78 is 10.0. The predicted molar refractivity (Wildman–Crippen MR) is 65.4 cm³/mol. The highest BCUT2D eigenvalue weighted by Gasteiger charge is 2.57. The number of ketones is 1. The van der Waals surface area contributed by atoms with Crippen LogP contribution in [0.5, 0.6) is 0 Å². The number of hydrogen-bond donors (Lipinski definition) is 0. The maximum Gasteiger partial charge on any atom is 0.411 e. The van der Waals surface area contributed by atoms with Crippen LogP contribution >= 0.6 is 0 Å². The van der Waals surface area contributed by atoms with Gasteiger partial charge in [-0.3, -0.25) is 9.69 Å². The van der Waals surface area contributed by atoms with Crippen molar-refractivity contribution in [2.45, 2.75) is 51.3 Å². The number of carbonyl (C=O) groups excluding carboxylic acids is 3. The number of esters is 1. The van der Waals surface area contributed by atoms with E-state index < -0.39 is 29.6 Å². The summed E-state index contributed by atoms with van der Waals surface area (Å²) in [5.74, 6) is -0.961. The summed E-state index contributed by atoms with van der Waals surface area (Å²) in [4.78, 5) is 37.1. The second-order valence-corrected chi connectivity index (χ2v) is 6.02. The lowest BCUT2D eigenvalue weighted by molar-refractivity contribution is -0.151. The largest absolute Gasteiger partial charge is 0.467 e. The number of methoxy groups -OCH3 is 1. The summed E-state index contributed by atoms with van der Waals surface area (Å²) in [5, 5.41) is 0. The van der Waals surface area contributed by atoms with Crippen LogP contribution < -0.4 is 0 Å². The number of hydrogen-bond acceptors (Lipinski definition) is 5. The molecule has 1 aliphatic heterocycles. The highest BCUT2D eigenvalue weighted by Crippen LogP contribution is 2.41. The van der Waals surface area contributed by atoms with Crippen LogP contribution in [0.25, 0.3) is 0 Å². The molecule has 0 radical (unpaired) electrons. The Morgan fingerprint density at radius 2 is 1.95 bits per heavy atom. The lowest BCUT2D eigenvalue weighted by Crippen LogP contribution is -2.53. The monoisotopic (exact) mass is 269 g/mol. The van der Waals surface area contributed by atoms with E-state index in [1.165, 1.54) is 12.0 Å². The van der Waals surface area contributed by atoms with Gasteiger partial charge in [0.25, 0.3) is 0 Å². The quantitative estimate of drug-likeness (QED) is 0.667. The van der Waals surface area contributed by atoms with E-state index >= 15 is 0 Å². The number of likely N-dealkylation sites (tertiary alicyclic amines) is 1. The SMILES string of the molecule is COC(=O)[C@@H]1[C@@H]2C[C@@H](CC2=O)N1C(=O)OC(C)(C)C. The first-order valence-electron chi connectivity index (χ1n) is 6.36. The lowest BCUT2D eigenvalue weighted by atomic mass is 9.98. The number of ether oxygens (including phenoxy) is 2. The maximum atomic E-state index is 12.2. The van der Waals surface area contributed by atoms with Gasteiger partial charge >= 0.3 is 12.1 Å². The van der Waals surface area contributed by atoms with Crippen LogP contribution in [-0.2, 0) is 19.1 Å². The van der Waals surface area contributed by atoms with Crippen LogP contribution in [0.4, 0.5) is 4.79 Å². The lowest BCUT2D eigenvalue weighted by Gasteiger charge is -2.34. The van der Waals surface area contributed by atoms with Crippen LogP contribution in [0.3, 0.4) is 0 Å². The normalized spacial score (nSPS) is 29.6. The first kappa shape index (κ1) is 13.8. The molecule has 0 aromatic carbocycles. The van der Waals surface area contributed by atoms with Crippen molar-refractivity contribution in [2.24, 2.45) is 5.92 Å². The van der Waals surface area contributed by atoms with E-state index in [9.17, 15) is 14.4 Å².